The predicted molar refractivity (Wildman–Crippen MR) is 114 cm³/mol. The normalized spacial score (nSPS) is 13.6. The van der Waals surface area contributed by atoms with E-state index >= 15 is 0 Å². The first-order valence-electron chi connectivity index (χ1n) is 10.3. The zero-order valence-corrected chi connectivity index (χ0v) is 17.8. The summed E-state index contributed by atoms with van der Waals surface area (Å²) in [6, 6.07) is 17.5. The average molecular weight is 398 g/mol. The number of nitrogens with zero attached hydrogens (tertiary/aromatic N) is 1. The van der Waals surface area contributed by atoms with E-state index < -0.39 is 11.6 Å². The SMILES string of the molecule is Cc1cccc(Cn2cccc2C[NH+](Cc2cccc(F)c2F)[C@H](C)C(C)C)c1. The highest BCUT2D eigenvalue weighted by molar-refractivity contribution is 5.23. The molecule has 1 heterocycles. The van der Waals surface area contributed by atoms with Crippen molar-refractivity contribution in [3.8, 4) is 0 Å². The molecule has 0 fully saturated rings. The molecule has 0 aliphatic rings. The van der Waals surface area contributed by atoms with Crippen molar-refractivity contribution in [1.29, 1.82) is 0 Å². The highest BCUT2D eigenvalue weighted by Gasteiger charge is 2.24. The van der Waals surface area contributed by atoms with Crippen molar-refractivity contribution in [1.82, 2.24) is 4.57 Å². The molecule has 0 aliphatic carbocycles. The molecule has 3 aromatic rings. The van der Waals surface area contributed by atoms with Crippen LogP contribution in [-0.4, -0.2) is 10.6 Å². The third kappa shape index (κ3) is 5.33. The monoisotopic (exact) mass is 397 g/mol. The van der Waals surface area contributed by atoms with Crippen LogP contribution in [0.3, 0.4) is 0 Å². The van der Waals surface area contributed by atoms with Crippen molar-refractivity contribution in [3.05, 3.63) is 94.8 Å². The van der Waals surface area contributed by atoms with Crippen LogP contribution in [0.2, 0.25) is 0 Å². The van der Waals surface area contributed by atoms with Gasteiger partial charge in [0.1, 0.15) is 13.1 Å². The summed E-state index contributed by atoms with van der Waals surface area (Å²) in [4.78, 5) is 1.23. The summed E-state index contributed by atoms with van der Waals surface area (Å²) in [5.41, 5.74) is 4.14. The topological polar surface area (TPSA) is 9.37 Å². The van der Waals surface area contributed by atoms with Gasteiger partial charge in [-0.25, -0.2) is 8.78 Å². The summed E-state index contributed by atoms with van der Waals surface area (Å²) in [7, 11) is 0. The van der Waals surface area contributed by atoms with Gasteiger partial charge >= 0.3 is 0 Å². The van der Waals surface area contributed by atoms with Gasteiger partial charge in [0.2, 0.25) is 0 Å². The summed E-state index contributed by atoms with van der Waals surface area (Å²) in [5.74, 6) is -1.07. The van der Waals surface area contributed by atoms with Crippen LogP contribution in [0.15, 0.2) is 60.8 Å². The maximum Gasteiger partial charge on any atom is 0.167 e. The maximum absolute atomic E-state index is 14.3. The second-order valence-corrected chi connectivity index (χ2v) is 8.37. The summed E-state index contributed by atoms with van der Waals surface area (Å²) in [5, 5.41) is 0. The highest BCUT2D eigenvalue weighted by atomic mass is 19.2. The van der Waals surface area contributed by atoms with Gasteiger partial charge in [0.15, 0.2) is 11.6 Å². The fourth-order valence-corrected chi connectivity index (χ4v) is 3.79. The van der Waals surface area contributed by atoms with Crippen molar-refractivity contribution >= 4 is 0 Å². The number of hydrogen-bond acceptors (Lipinski definition) is 0. The minimum atomic E-state index is -0.776. The number of benzene rings is 2. The molecule has 0 amide bonds. The van der Waals surface area contributed by atoms with E-state index in [9.17, 15) is 8.78 Å². The molecule has 0 bridgehead atoms. The average Bonchev–Trinajstić information content (AvgIpc) is 3.10. The molecular weight excluding hydrogens is 366 g/mol. The first-order valence-corrected chi connectivity index (χ1v) is 10.3. The van der Waals surface area contributed by atoms with Crippen LogP contribution in [0, 0.1) is 24.5 Å². The fraction of sp³-hybridized carbons (Fsp3) is 0.360. The Morgan fingerprint density at radius 3 is 2.41 bits per heavy atom. The van der Waals surface area contributed by atoms with Gasteiger partial charge in [-0.1, -0.05) is 55.8 Å². The molecule has 1 unspecified atom stereocenters. The van der Waals surface area contributed by atoms with Crippen LogP contribution < -0.4 is 4.90 Å². The van der Waals surface area contributed by atoms with Gasteiger partial charge in [-0.05, 0) is 37.6 Å². The molecule has 0 saturated carbocycles. The van der Waals surface area contributed by atoms with Crippen LogP contribution in [0.5, 0.6) is 0 Å². The lowest BCUT2D eigenvalue weighted by Gasteiger charge is -2.29. The summed E-state index contributed by atoms with van der Waals surface area (Å²) < 4.78 is 30.3. The van der Waals surface area contributed by atoms with Crippen LogP contribution in [-0.2, 0) is 19.6 Å². The number of rotatable bonds is 8. The molecule has 0 spiro atoms. The van der Waals surface area contributed by atoms with Crippen molar-refractivity contribution in [2.24, 2.45) is 5.92 Å². The van der Waals surface area contributed by atoms with E-state index in [0.717, 1.165) is 13.1 Å². The van der Waals surface area contributed by atoms with Crippen molar-refractivity contribution in [3.63, 3.8) is 0 Å². The first kappa shape index (κ1) is 21.3. The zero-order valence-electron chi connectivity index (χ0n) is 17.8. The van der Waals surface area contributed by atoms with Gasteiger partial charge in [-0.3, -0.25) is 0 Å². The van der Waals surface area contributed by atoms with E-state index in [1.165, 1.54) is 27.8 Å². The first-order chi connectivity index (χ1) is 13.8. The Morgan fingerprint density at radius 1 is 0.931 bits per heavy atom. The highest BCUT2D eigenvalue weighted by Crippen LogP contribution is 2.13. The number of hydrogen-bond donors (Lipinski definition) is 1. The molecule has 29 heavy (non-hydrogen) atoms. The van der Waals surface area contributed by atoms with Gasteiger partial charge in [-0.2, -0.15) is 0 Å². The van der Waals surface area contributed by atoms with Gasteiger partial charge < -0.3 is 9.47 Å². The Bertz CT molecular complexity index is 946. The van der Waals surface area contributed by atoms with Gasteiger partial charge in [0.25, 0.3) is 0 Å². The number of halogens is 2. The van der Waals surface area contributed by atoms with Crippen LogP contribution >= 0.6 is 0 Å². The van der Waals surface area contributed by atoms with Gasteiger partial charge in [0.05, 0.1) is 11.7 Å². The Labute approximate surface area is 172 Å². The van der Waals surface area contributed by atoms with E-state index in [2.05, 4.69) is 74.9 Å². The summed E-state index contributed by atoms with van der Waals surface area (Å²) >= 11 is 0. The zero-order chi connectivity index (χ0) is 21.0. The Balaban J connectivity index is 1.83. The van der Waals surface area contributed by atoms with Crippen molar-refractivity contribution < 1.29 is 13.7 Å². The molecule has 2 nitrogen and oxygen atoms in total. The lowest BCUT2D eigenvalue weighted by molar-refractivity contribution is -0.954. The third-order valence-electron chi connectivity index (χ3n) is 5.86. The van der Waals surface area contributed by atoms with Gasteiger partial charge in [-0.15, -0.1) is 0 Å². The number of aromatic nitrogens is 1. The lowest BCUT2D eigenvalue weighted by atomic mass is 10.0. The summed E-state index contributed by atoms with van der Waals surface area (Å²) in [6.45, 7) is 10.7. The molecule has 154 valence electrons. The molecule has 4 heteroatoms. The molecule has 0 radical (unpaired) electrons. The molecule has 2 aromatic carbocycles. The number of quaternary nitrogens is 1. The molecule has 0 saturated heterocycles. The quantitative estimate of drug-likeness (QED) is 0.562. The van der Waals surface area contributed by atoms with E-state index in [1.807, 2.05) is 0 Å². The molecule has 1 N–H and O–H groups in total. The van der Waals surface area contributed by atoms with Crippen LogP contribution in [0.4, 0.5) is 8.78 Å². The molecule has 3 rings (SSSR count). The molecule has 2 atom stereocenters. The van der Waals surface area contributed by atoms with Crippen LogP contribution in [0.1, 0.15) is 43.2 Å². The van der Waals surface area contributed by atoms with Crippen LogP contribution in [0.25, 0.3) is 0 Å². The smallest absolute Gasteiger partial charge is 0.167 e. The van der Waals surface area contributed by atoms with E-state index in [-0.39, 0.29) is 0 Å². The van der Waals surface area contributed by atoms with Crippen molar-refractivity contribution in [2.75, 3.05) is 0 Å². The minimum absolute atomic E-state index is 0.306. The maximum atomic E-state index is 14.3. The van der Waals surface area contributed by atoms with E-state index in [4.69, 9.17) is 0 Å². The Hall–Kier alpha value is -2.46. The second kappa shape index (κ2) is 9.36. The fourth-order valence-electron chi connectivity index (χ4n) is 3.79. The largest absolute Gasteiger partial charge is 0.342 e. The Morgan fingerprint density at radius 2 is 1.69 bits per heavy atom. The molecule has 1 aromatic heterocycles. The lowest BCUT2D eigenvalue weighted by Crippen LogP contribution is -3.13. The minimum Gasteiger partial charge on any atom is -0.342 e. The van der Waals surface area contributed by atoms with E-state index in [0.29, 0.717) is 24.1 Å². The molecular formula is C25H31F2N2+. The second-order valence-electron chi connectivity index (χ2n) is 8.37. The van der Waals surface area contributed by atoms with Crippen molar-refractivity contribution in [2.45, 2.75) is 53.4 Å². The standard InChI is InChI=1S/C25H30F2N2/c1-18(2)20(4)29(16-22-10-6-12-24(26)25(22)27)17-23-11-7-13-28(23)15-21-9-5-8-19(3)14-21/h5-14,18,20H,15-17H2,1-4H3/p+1/t20-/m1/s1. The summed E-state index contributed by atoms with van der Waals surface area (Å²) in [6.07, 6.45) is 2.10. The number of aryl methyl sites for hydroxylation is 1. The Kier molecular flexibility index (Phi) is 6.86. The predicted octanol–water partition coefficient (Wildman–Crippen LogP) is 4.75. The molecule has 0 aliphatic heterocycles. The third-order valence-corrected chi connectivity index (χ3v) is 5.86. The van der Waals surface area contributed by atoms with Gasteiger partial charge in [0, 0.05) is 24.2 Å². The number of nitrogens with one attached hydrogen (secondary N) is 1. The van der Waals surface area contributed by atoms with E-state index in [1.54, 1.807) is 12.1 Å².